The first kappa shape index (κ1) is 14.9. The van der Waals surface area contributed by atoms with Crippen molar-refractivity contribution in [1.82, 2.24) is 0 Å². The van der Waals surface area contributed by atoms with Gasteiger partial charge in [-0.1, -0.05) is 59.6 Å². The number of hydrogen-bond donors (Lipinski definition) is 1. The maximum atomic E-state index is 6.49. The number of para-hydroxylation sites is 1. The summed E-state index contributed by atoms with van der Waals surface area (Å²) < 4.78 is 1.25. The molecule has 0 aromatic heterocycles. The minimum Gasteiger partial charge on any atom is -0.377 e. The molecule has 22 heavy (non-hydrogen) atoms. The molecule has 4 rings (SSSR count). The molecule has 1 aliphatic heterocycles. The van der Waals surface area contributed by atoms with Gasteiger partial charge in [-0.15, -0.1) is 0 Å². The minimum absolute atomic E-state index is 0.189. The van der Waals surface area contributed by atoms with Gasteiger partial charge in [0.1, 0.15) is 0 Å². The van der Waals surface area contributed by atoms with Crippen molar-refractivity contribution < 1.29 is 0 Å². The molecule has 1 N–H and O–H groups in total. The van der Waals surface area contributed by atoms with E-state index in [1.54, 1.807) is 0 Å². The molecule has 0 saturated carbocycles. The highest BCUT2D eigenvalue weighted by Gasteiger charge is 2.39. The number of rotatable bonds is 1. The highest BCUT2D eigenvalue weighted by Crippen LogP contribution is 2.52. The Bertz CT molecular complexity index is 772. The van der Waals surface area contributed by atoms with E-state index in [1.165, 1.54) is 14.8 Å². The zero-order valence-electron chi connectivity index (χ0n) is 11.7. The third-order valence-electron chi connectivity index (χ3n) is 4.66. The van der Waals surface area contributed by atoms with E-state index in [9.17, 15) is 0 Å². The zero-order chi connectivity index (χ0) is 15.3. The van der Waals surface area contributed by atoms with Crippen molar-refractivity contribution in [1.29, 1.82) is 0 Å². The zero-order valence-corrected chi connectivity index (χ0v) is 15.4. The summed E-state index contributed by atoms with van der Waals surface area (Å²) >= 11 is 15.1. The van der Waals surface area contributed by atoms with E-state index in [4.69, 9.17) is 23.2 Å². The van der Waals surface area contributed by atoms with Gasteiger partial charge < -0.3 is 5.32 Å². The van der Waals surface area contributed by atoms with E-state index < -0.39 is 0 Å². The van der Waals surface area contributed by atoms with Gasteiger partial charge in [0.25, 0.3) is 0 Å². The van der Waals surface area contributed by atoms with Gasteiger partial charge in [-0.05, 0) is 58.2 Å². The molecule has 0 spiro atoms. The Morgan fingerprint density at radius 2 is 1.82 bits per heavy atom. The molecule has 1 aliphatic carbocycles. The molecule has 1 nitrogen and oxygen atoms in total. The maximum Gasteiger partial charge on any atom is 0.0645 e. The van der Waals surface area contributed by atoms with Crippen LogP contribution >= 0.6 is 45.8 Å². The molecule has 0 unspecified atom stereocenters. The Labute approximate surface area is 153 Å². The fourth-order valence-corrected chi connectivity index (χ4v) is 4.75. The lowest BCUT2D eigenvalue weighted by Crippen LogP contribution is -2.29. The third kappa shape index (κ3) is 2.27. The van der Waals surface area contributed by atoms with Gasteiger partial charge in [0, 0.05) is 9.49 Å². The second-order valence-corrected chi connectivity index (χ2v) is 7.77. The Morgan fingerprint density at radius 3 is 2.68 bits per heavy atom. The van der Waals surface area contributed by atoms with Crippen LogP contribution in [0.4, 0.5) is 5.69 Å². The standard InChI is InChI=1S/C18H14Cl2IN/c19-14-8-2-7-13(16(14)20)17-11-5-1-4-10(11)12-6-3-9-15(21)18(12)22-17/h1-4,6-11,17,22H,5H2/t10-,11-,17+/m0/s1. The van der Waals surface area contributed by atoms with E-state index in [0.717, 1.165) is 12.0 Å². The molecule has 2 aromatic carbocycles. The average molecular weight is 442 g/mol. The number of fused-ring (bicyclic) bond motifs is 3. The summed E-state index contributed by atoms with van der Waals surface area (Å²) in [5.41, 5.74) is 3.72. The summed E-state index contributed by atoms with van der Waals surface area (Å²) in [6.45, 7) is 0. The first-order valence-corrected chi connectivity index (χ1v) is 9.16. The monoisotopic (exact) mass is 441 g/mol. The van der Waals surface area contributed by atoms with E-state index >= 15 is 0 Å². The summed E-state index contributed by atoms with van der Waals surface area (Å²) in [6.07, 6.45) is 5.69. The maximum absolute atomic E-state index is 6.49. The molecule has 3 atom stereocenters. The quantitative estimate of drug-likeness (QED) is 0.397. The molecular weight excluding hydrogens is 428 g/mol. The molecular formula is C18H14Cl2IN. The number of benzene rings is 2. The first-order chi connectivity index (χ1) is 10.7. The van der Waals surface area contributed by atoms with Crippen LogP contribution in [0.25, 0.3) is 0 Å². The van der Waals surface area contributed by atoms with Crippen molar-refractivity contribution in [3.8, 4) is 0 Å². The summed E-state index contributed by atoms with van der Waals surface area (Å²) in [4.78, 5) is 0. The van der Waals surface area contributed by atoms with Gasteiger partial charge in [-0.2, -0.15) is 0 Å². The van der Waals surface area contributed by atoms with Crippen LogP contribution in [0.5, 0.6) is 0 Å². The van der Waals surface area contributed by atoms with Gasteiger partial charge in [-0.25, -0.2) is 0 Å². The summed E-state index contributed by atoms with van der Waals surface area (Å²) in [5, 5.41) is 5.02. The smallest absolute Gasteiger partial charge is 0.0645 e. The molecule has 4 heteroatoms. The fraction of sp³-hybridized carbons (Fsp3) is 0.222. The molecule has 112 valence electrons. The SMILES string of the molecule is Clc1cccc([C@@H]2Nc3c(I)cccc3[C@H]3C=CC[C@@H]32)c1Cl. The van der Waals surface area contributed by atoms with Crippen molar-refractivity contribution in [2.45, 2.75) is 18.4 Å². The van der Waals surface area contributed by atoms with Gasteiger partial charge >= 0.3 is 0 Å². The molecule has 0 amide bonds. The minimum atomic E-state index is 0.189. The molecule has 0 fully saturated rings. The van der Waals surface area contributed by atoms with Gasteiger partial charge in [0.2, 0.25) is 0 Å². The van der Waals surface area contributed by atoms with E-state index in [1.807, 2.05) is 12.1 Å². The van der Waals surface area contributed by atoms with Crippen LogP contribution in [-0.4, -0.2) is 0 Å². The third-order valence-corrected chi connectivity index (χ3v) is 6.39. The lowest BCUT2D eigenvalue weighted by molar-refractivity contribution is 0.425. The topological polar surface area (TPSA) is 12.0 Å². The Hall–Kier alpha value is -0.710. The summed E-state index contributed by atoms with van der Waals surface area (Å²) in [5.74, 6) is 0.938. The van der Waals surface area contributed by atoms with Crippen molar-refractivity contribution in [3.63, 3.8) is 0 Å². The second kappa shape index (κ2) is 5.73. The number of halogens is 3. The van der Waals surface area contributed by atoms with Crippen LogP contribution in [0.1, 0.15) is 29.5 Å². The van der Waals surface area contributed by atoms with Crippen LogP contribution in [0.2, 0.25) is 10.0 Å². The van der Waals surface area contributed by atoms with Gasteiger partial charge in [0.15, 0.2) is 0 Å². The highest BCUT2D eigenvalue weighted by atomic mass is 127. The normalized spacial score (nSPS) is 25.5. The van der Waals surface area contributed by atoms with Crippen LogP contribution in [0.15, 0.2) is 48.6 Å². The van der Waals surface area contributed by atoms with Crippen LogP contribution in [0.3, 0.4) is 0 Å². The number of anilines is 1. The fourth-order valence-electron chi connectivity index (χ4n) is 3.65. The van der Waals surface area contributed by atoms with Gasteiger partial charge in [0.05, 0.1) is 21.8 Å². The predicted molar refractivity (Wildman–Crippen MR) is 102 cm³/mol. The average Bonchev–Trinajstić information content (AvgIpc) is 3.00. The van der Waals surface area contributed by atoms with E-state index in [0.29, 0.717) is 21.9 Å². The largest absolute Gasteiger partial charge is 0.377 e. The Kier molecular flexibility index (Phi) is 3.87. The predicted octanol–water partition coefficient (Wildman–Crippen LogP) is 6.42. The van der Waals surface area contributed by atoms with Crippen molar-refractivity contribution in [3.05, 3.63) is 73.3 Å². The molecule has 0 radical (unpaired) electrons. The molecule has 1 heterocycles. The first-order valence-electron chi connectivity index (χ1n) is 7.32. The summed E-state index contributed by atoms with van der Waals surface area (Å²) in [7, 11) is 0. The Morgan fingerprint density at radius 1 is 1.05 bits per heavy atom. The van der Waals surface area contributed by atoms with Crippen molar-refractivity contribution >= 4 is 51.5 Å². The lowest BCUT2D eigenvalue weighted by atomic mass is 9.77. The molecule has 2 aromatic rings. The van der Waals surface area contributed by atoms with E-state index in [-0.39, 0.29) is 6.04 Å². The molecule has 0 bridgehead atoms. The number of allylic oxidation sites excluding steroid dienone is 2. The Balaban J connectivity index is 1.86. The molecule has 2 aliphatic rings. The summed E-state index contributed by atoms with van der Waals surface area (Å²) in [6, 6.07) is 12.6. The second-order valence-electron chi connectivity index (χ2n) is 5.82. The highest BCUT2D eigenvalue weighted by molar-refractivity contribution is 14.1. The van der Waals surface area contributed by atoms with Crippen molar-refractivity contribution in [2.75, 3.05) is 5.32 Å². The lowest BCUT2D eigenvalue weighted by Gasteiger charge is -2.38. The number of nitrogens with one attached hydrogen (secondary N) is 1. The van der Waals surface area contributed by atoms with Crippen LogP contribution in [-0.2, 0) is 0 Å². The van der Waals surface area contributed by atoms with Crippen LogP contribution < -0.4 is 5.32 Å². The van der Waals surface area contributed by atoms with Crippen molar-refractivity contribution in [2.24, 2.45) is 5.92 Å². The van der Waals surface area contributed by atoms with E-state index in [2.05, 4.69) is 64.3 Å². The molecule has 0 saturated heterocycles. The van der Waals surface area contributed by atoms with Crippen LogP contribution in [0, 0.1) is 9.49 Å². The number of hydrogen-bond acceptors (Lipinski definition) is 1. The van der Waals surface area contributed by atoms with Gasteiger partial charge in [-0.3, -0.25) is 0 Å².